The van der Waals surface area contributed by atoms with Crippen LogP contribution in [0.25, 0.3) is 0 Å². The molecule has 0 aliphatic rings. The van der Waals surface area contributed by atoms with E-state index in [1.807, 2.05) is 0 Å². The van der Waals surface area contributed by atoms with E-state index in [2.05, 4.69) is 5.32 Å². The topological polar surface area (TPSA) is 49.4 Å². The van der Waals surface area contributed by atoms with Crippen LogP contribution in [0.3, 0.4) is 0 Å². The molecule has 2 rings (SSSR count). The summed E-state index contributed by atoms with van der Waals surface area (Å²) in [5.74, 6) is -0.974. The van der Waals surface area contributed by atoms with Crippen LogP contribution in [0.5, 0.6) is 0 Å². The molecule has 1 N–H and O–H groups in total. The zero-order chi connectivity index (χ0) is 18.6. The molecular weight excluding hydrogens is 357 g/mol. The van der Waals surface area contributed by atoms with Crippen molar-refractivity contribution in [3.8, 4) is 0 Å². The molecule has 2 aromatic carbocycles. The maximum atomic E-state index is 12.6. The number of hydrogen-bond donors (Lipinski definition) is 1. The fourth-order valence-electron chi connectivity index (χ4n) is 2.13. The van der Waals surface area contributed by atoms with Crippen LogP contribution >= 0.6 is 11.6 Å². The SMILES string of the molecule is CC(=O)N(CC(=O)Nc1cccc(Cl)c1)c1ccc(C(F)(F)F)cc1. The van der Waals surface area contributed by atoms with Crippen molar-refractivity contribution >= 4 is 34.8 Å². The van der Waals surface area contributed by atoms with Crippen LogP contribution in [0.15, 0.2) is 48.5 Å². The normalized spacial score (nSPS) is 11.1. The molecule has 0 bridgehead atoms. The maximum Gasteiger partial charge on any atom is 0.416 e. The van der Waals surface area contributed by atoms with Crippen molar-refractivity contribution in [1.82, 2.24) is 0 Å². The van der Waals surface area contributed by atoms with Crippen molar-refractivity contribution in [2.24, 2.45) is 0 Å². The van der Waals surface area contributed by atoms with Gasteiger partial charge >= 0.3 is 6.18 Å². The van der Waals surface area contributed by atoms with E-state index in [1.165, 1.54) is 13.0 Å². The Balaban J connectivity index is 2.13. The summed E-state index contributed by atoms with van der Waals surface area (Å²) in [4.78, 5) is 25.0. The summed E-state index contributed by atoms with van der Waals surface area (Å²) < 4.78 is 37.8. The molecule has 0 saturated carbocycles. The number of nitrogens with zero attached hydrogens (tertiary/aromatic N) is 1. The Labute approximate surface area is 147 Å². The van der Waals surface area contributed by atoms with Gasteiger partial charge in [-0.25, -0.2) is 0 Å². The van der Waals surface area contributed by atoms with Crippen molar-refractivity contribution in [2.45, 2.75) is 13.1 Å². The molecule has 0 saturated heterocycles. The standard InChI is InChI=1S/C17H14ClF3N2O2/c1-11(24)23(15-7-5-12(6-8-15)17(19,20)21)10-16(25)22-14-4-2-3-13(18)9-14/h2-9H,10H2,1H3,(H,22,25). The minimum Gasteiger partial charge on any atom is -0.324 e. The van der Waals surface area contributed by atoms with Gasteiger partial charge in [-0.3, -0.25) is 9.59 Å². The fourth-order valence-corrected chi connectivity index (χ4v) is 2.32. The lowest BCUT2D eigenvalue weighted by Crippen LogP contribution is -2.36. The monoisotopic (exact) mass is 370 g/mol. The number of halogens is 4. The summed E-state index contributed by atoms with van der Waals surface area (Å²) in [5.41, 5.74) is -0.182. The Hall–Kier alpha value is -2.54. The number of carbonyl (C=O) groups is 2. The lowest BCUT2D eigenvalue weighted by molar-refractivity contribution is -0.137. The highest BCUT2D eigenvalue weighted by atomic mass is 35.5. The second kappa shape index (κ2) is 7.57. The second-order valence-electron chi connectivity index (χ2n) is 5.21. The van der Waals surface area contributed by atoms with Gasteiger partial charge in [0.15, 0.2) is 0 Å². The number of rotatable bonds is 4. The Morgan fingerprint density at radius 1 is 1.12 bits per heavy atom. The summed E-state index contributed by atoms with van der Waals surface area (Å²) in [7, 11) is 0. The third-order valence-electron chi connectivity index (χ3n) is 3.30. The highest BCUT2D eigenvalue weighted by Gasteiger charge is 2.30. The summed E-state index contributed by atoms with van der Waals surface area (Å²) in [6, 6.07) is 10.5. The highest BCUT2D eigenvalue weighted by molar-refractivity contribution is 6.30. The predicted molar refractivity (Wildman–Crippen MR) is 89.6 cm³/mol. The first-order valence-electron chi connectivity index (χ1n) is 7.17. The number of amides is 2. The van der Waals surface area contributed by atoms with E-state index in [0.29, 0.717) is 10.7 Å². The highest BCUT2D eigenvalue weighted by Crippen LogP contribution is 2.30. The molecule has 0 unspecified atom stereocenters. The van der Waals surface area contributed by atoms with Crippen LogP contribution in [0.1, 0.15) is 12.5 Å². The number of carbonyl (C=O) groups excluding carboxylic acids is 2. The van der Waals surface area contributed by atoms with E-state index >= 15 is 0 Å². The first-order chi connectivity index (χ1) is 11.7. The van der Waals surface area contributed by atoms with E-state index in [1.54, 1.807) is 18.2 Å². The smallest absolute Gasteiger partial charge is 0.324 e. The second-order valence-corrected chi connectivity index (χ2v) is 5.64. The van der Waals surface area contributed by atoms with E-state index < -0.39 is 23.6 Å². The Morgan fingerprint density at radius 3 is 2.28 bits per heavy atom. The lowest BCUT2D eigenvalue weighted by Gasteiger charge is -2.21. The molecule has 2 aromatic rings. The molecule has 0 radical (unpaired) electrons. The quantitative estimate of drug-likeness (QED) is 0.869. The van der Waals surface area contributed by atoms with Crippen LogP contribution in [-0.2, 0) is 15.8 Å². The Kier molecular flexibility index (Phi) is 5.69. The molecule has 0 atom stereocenters. The van der Waals surface area contributed by atoms with E-state index in [0.717, 1.165) is 29.2 Å². The average Bonchev–Trinajstić information content (AvgIpc) is 2.51. The van der Waals surface area contributed by atoms with Gasteiger partial charge in [0.25, 0.3) is 0 Å². The number of hydrogen-bond acceptors (Lipinski definition) is 2. The predicted octanol–water partition coefficient (Wildman–Crippen LogP) is 4.35. The molecule has 0 spiro atoms. The molecule has 0 aliphatic carbocycles. The van der Waals surface area contributed by atoms with Crippen LogP contribution in [0, 0.1) is 0 Å². The van der Waals surface area contributed by atoms with Crippen LogP contribution in [0.2, 0.25) is 5.02 Å². The third-order valence-corrected chi connectivity index (χ3v) is 3.53. The van der Waals surface area contributed by atoms with Gasteiger partial charge in [-0.2, -0.15) is 13.2 Å². The molecule has 2 amide bonds. The van der Waals surface area contributed by atoms with E-state index in [-0.39, 0.29) is 12.2 Å². The van der Waals surface area contributed by atoms with Gasteiger partial charge in [-0.15, -0.1) is 0 Å². The van der Waals surface area contributed by atoms with Gasteiger partial charge in [-0.05, 0) is 42.5 Å². The number of benzene rings is 2. The Bertz CT molecular complexity index is 776. The van der Waals surface area contributed by atoms with Gasteiger partial charge in [0, 0.05) is 23.3 Å². The van der Waals surface area contributed by atoms with Crippen LogP contribution < -0.4 is 10.2 Å². The summed E-state index contributed by atoms with van der Waals surface area (Å²) in [6.07, 6.45) is -4.47. The van der Waals surface area contributed by atoms with Gasteiger partial charge in [0.1, 0.15) is 6.54 Å². The zero-order valence-corrected chi connectivity index (χ0v) is 13.9. The van der Waals surface area contributed by atoms with Crippen LogP contribution in [-0.4, -0.2) is 18.4 Å². The third kappa shape index (κ3) is 5.22. The van der Waals surface area contributed by atoms with Crippen molar-refractivity contribution < 1.29 is 22.8 Å². The molecule has 8 heteroatoms. The van der Waals surface area contributed by atoms with Gasteiger partial charge in [0.2, 0.25) is 11.8 Å². The maximum absolute atomic E-state index is 12.6. The largest absolute Gasteiger partial charge is 0.416 e. The average molecular weight is 371 g/mol. The van der Waals surface area contributed by atoms with E-state index in [9.17, 15) is 22.8 Å². The minimum atomic E-state index is -4.47. The van der Waals surface area contributed by atoms with Gasteiger partial charge in [0.05, 0.1) is 5.56 Å². The summed E-state index contributed by atoms with van der Waals surface area (Å²) in [5, 5.41) is 3.01. The molecule has 25 heavy (non-hydrogen) atoms. The Morgan fingerprint density at radius 2 is 1.76 bits per heavy atom. The van der Waals surface area contributed by atoms with Crippen molar-refractivity contribution in [3.05, 3.63) is 59.1 Å². The number of nitrogens with one attached hydrogen (secondary N) is 1. The molecule has 0 fully saturated rings. The van der Waals surface area contributed by atoms with Crippen molar-refractivity contribution in [2.75, 3.05) is 16.8 Å². The molecule has 132 valence electrons. The van der Waals surface area contributed by atoms with Crippen LogP contribution in [0.4, 0.5) is 24.5 Å². The minimum absolute atomic E-state index is 0.196. The first kappa shape index (κ1) is 18.8. The number of alkyl halides is 3. The van der Waals surface area contributed by atoms with E-state index in [4.69, 9.17) is 11.6 Å². The zero-order valence-electron chi connectivity index (χ0n) is 13.1. The fraction of sp³-hybridized carbons (Fsp3) is 0.176. The molecule has 0 aliphatic heterocycles. The van der Waals surface area contributed by atoms with Gasteiger partial charge < -0.3 is 10.2 Å². The summed E-state index contributed by atoms with van der Waals surface area (Å²) in [6.45, 7) is 0.886. The molecule has 4 nitrogen and oxygen atoms in total. The van der Waals surface area contributed by atoms with Crippen molar-refractivity contribution in [1.29, 1.82) is 0 Å². The first-order valence-corrected chi connectivity index (χ1v) is 7.55. The van der Waals surface area contributed by atoms with Crippen molar-refractivity contribution in [3.63, 3.8) is 0 Å². The summed E-state index contributed by atoms with van der Waals surface area (Å²) >= 11 is 5.82. The molecule has 0 aromatic heterocycles. The number of anilines is 2. The van der Waals surface area contributed by atoms with Gasteiger partial charge in [-0.1, -0.05) is 17.7 Å². The molecule has 0 heterocycles. The lowest BCUT2D eigenvalue weighted by atomic mass is 10.2. The molecular formula is C17H14ClF3N2O2.